The highest BCUT2D eigenvalue weighted by Gasteiger charge is 2.35. The number of fused-ring (bicyclic) bond motifs is 1. The number of carbonyl (C=O) groups is 1. The van der Waals surface area contributed by atoms with Gasteiger partial charge < -0.3 is 9.47 Å². The first kappa shape index (κ1) is 24.5. The third-order valence-corrected chi connectivity index (χ3v) is 7.04. The Kier molecular flexibility index (Phi) is 7.72. The topological polar surface area (TPSA) is 87.3 Å². The molecule has 0 unspecified atom stereocenters. The number of aliphatic imine (C=N–C) groups is 1. The molecule has 0 fully saturated rings. The lowest BCUT2D eigenvalue weighted by Crippen LogP contribution is -2.35. The summed E-state index contributed by atoms with van der Waals surface area (Å²) >= 11 is 3.56. The number of hydrazone groups is 1. The van der Waals surface area contributed by atoms with Crippen LogP contribution < -0.4 is 9.47 Å². The molecule has 0 atom stereocenters. The highest BCUT2D eigenvalue weighted by Crippen LogP contribution is 2.36. The smallest absolute Gasteiger partial charge is 0.283 e. The number of ether oxygens (including phenoxy) is 2. The number of hydrogen-bond donors (Lipinski definition) is 1. The minimum absolute atomic E-state index is 0.0303. The van der Waals surface area contributed by atoms with Crippen molar-refractivity contribution >= 4 is 62.4 Å². The van der Waals surface area contributed by atoms with E-state index in [-0.39, 0.29) is 11.4 Å². The molecule has 176 valence electrons. The number of benzene rings is 2. The quantitative estimate of drug-likeness (QED) is 0.302. The standard InChI is InChI=1S/C25H25IN4O3S/c1-4-5-9-21-29-30-23(27)18(24(31)28-25(30)34-21)11-17-12-19(26)22(20(13-17)32-3)33-14-16-8-6-7-15(2)10-16/h6-8,10-13,27H,4-5,9,14H2,1-3H3/b18-11-,27-23?. The second-order valence-electron chi connectivity index (χ2n) is 7.93. The van der Waals surface area contributed by atoms with E-state index in [1.54, 1.807) is 19.3 Å². The van der Waals surface area contributed by atoms with Crippen molar-refractivity contribution in [3.05, 3.63) is 62.2 Å². The normalized spacial score (nSPS) is 16.5. The molecule has 2 aromatic carbocycles. The van der Waals surface area contributed by atoms with Crippen LogP contribution in [0.4, 0.5) is 0 Å². The Balaban J connectivity index is 1.58. The van der Waals surface area contributed by atoms with E-state index < -0.39 is 5.91 Å². The van der Waals surface area contributed by atoms with Crippen molar-refractivity contribution in [3.8, 4) is 11.5 Å². The van der Waals surface area contributed by atoms with Gasteiger partial charge in [0.15, 0.2) is 17.3 Å². The summed E-state index contributed by atoms with van der Waals surface area (Å²) in [6, 6.07) is 11.9. The van der Waals surface area contributed by atoms with Crippen LogP contribution in [0.2, 0.25) is 0 Å². The number of thioether (sulfide) groups is 1. The van der Waals surface area contributed by atoms with Gasteiger partial charge in [-0.2, -0.15) is 15.1 Å². The number of carbonyl (C=O) groups excluding carboxylic acids is 1. The summed E-state index contributed by atoms with van der Waals surface area (Å²) in [6.45, 7) is 4.58. The van der Waals surface area contributed by atoms with E-state index in [9.17, 15) is 4.79 Å². The van der Waals surface area contributed by atoms with Gasteiger partial charge in [0.1, 0.15) is 11.7 Å². The first-order valence-electron chi connectivity index (χ1n) is 10.9. The van der Waals surface area contributed by atoms with Gasteiger partial charge in [-0.25, -0.2) is 0 Å². The van der Waals surface area contributed by atoms with Crippen molar-refractivity contribution in [2.24, 2.45) is 10.1 Å². The molecule has 2 heterocycles. The minimum Gasteiger partial charge on any atom is -0.493 e. The highest BCUT2D eigenvalue weighted by molar-refractivity contribution is 14.1. The van der Waals surface area contributed by atoms with E-state index in [4.69, 9.17) is 14.9 Å². The Morgan fingerprint density at radius 3 is 2.82 bits per heavy atom. The molecule has 0 spiro atoms. The molecule has 2 aliphatic heterocycles. The summed E-state index contributed by atoms with van der Waals surface area (Å²) < 4.78 is 12.5. The summed E-state index contributed by atoms with van der Waals surface area (Å²) in [5, 5.41) is 15.8. The number of hydrogen-bond acceptors (Lipinski definition) is 6. The predicted molar refractivity (Wildman–Crippen MR) is 146 cm³/mol. The Morgan fingerprint density at radius 2 is 2.09 bits per heavy atom. The molecule has 34 heavy (non-hydrogen) atoms. The van der Waals surface area contributed by atoms with Crippen molar-refractivity contribution in [2.45, 2.75) is 39.7 Å². The van der Waals surface area contributed by atoms with Crippen molar-refractivity contribution in [1.29, 1.82) is 5.41 Å². The van der Waals surface area contributed by atoms with Crippen LogP contribution in [0.15, 0.2) is 52.1 Å². The average molecular weight is 588 g/mol. The Labute approximate surface area is 217 Å². The zero-order chi connectivity index (χ0) is 24.2. The van der Waals surface area contributed by atoms with Crippen molar-refractivity contribution in [3.63, 3.8) is 0 Å². The van der Waals surface area contributed by atoms with E-state index >= 15 is 0 Å². The predicted octanol–water partition coefficient (Wildman–Crippen LogP) is 6.00. The first-order chi connectivity index (χ1) is 16.4. The summed E-state index contributed by atoms with van der Waals surface area (Å²) in [4.78, 5) is 16.9. The Morgan fingerprint density at radius 1 is 1.26 bits per heavy atom. The second kappa shape index (κ2) is 10.7. The molecule has 0 saturated carbocycles. The number of nitrogens with one attached hydrogen (secondary N) is 1. The molecule has 9 heteroatoms. The lowest BCUT2D eigenvalue weighted by atomic mass is 10.1. The Hall–Kier alpha value is -2.66. The number of halogens is 1. The molecule has 0 saturated heterocycles. The lowest BCUT2D eigenvalue weighted by Gasteiger charge is -2.20. The summed E-state index contributed by atoms with van der Waals surface area (Å²) in [7, 11) is 1.58. The number of unbranched alkanes of at least 4 members (excludes halogenated alkanes) is 1. The van der Waals surface area contributed by atoms with Crippen LogP contribution >= 0.6 is 34.4 Å². The number of amidine groups is 2. The number of methoxy groups -OCH3 is 1. The first-order valence-corrected chi connectivity index (χ1v) is 12.8. The zero-order valence-electron chi connectivity index (χ0n) is 19.2. The molecule has 7 nitrogen and oxygen atoms in total. The van der Waals surface area contributed by atoms with E-state index in [1.807, 2.05) is 31.2 Å². The van der Waals surface area contributed by atoms with Crippen LogP contribution in [0, 0.1) is 15.9 Å². The maximum absolute atomic E-state index is 12.7. The number of amides is 1. The fourth-order valence-corrected chi connectivity index (χ4v) is 5.26. The number of aryl methyl sites for hydroxylation is 1. The molecule has 2 aromatic rings. The third-order valence-electron chi connectivity index (χ3n) is 5.27. The van der Waals surface area contributed by atoms with Gasteiger partial charge in [0.2, 0.25) is 5.17 Å². The molecule has 0 aromatic heterocycles. The van der Waals surface area contributed by atoms with Crippen LogP contribution in [-0.2, 0) is 11.4 Å². The molecule has 0 radical (unpaired) electrons. The molecule has 2 aliphatic rings. The summed E-state index contributed by atoms with van der Waals surface area (Å²) in [5.41, 5.74) is 3.16. The summed E-state index contributed by atoms with van der Waals surface area (Å²) in [5.74, 6) is 0.785. The van der Waals surface area contributed by atoms with E-state index in [0.29, 0.717) is 23.3 Å². The van der Waals surface area contributed by atoms with E-state index in [1.165, 1.54) is 22.3 Å². The SMILES string of the molecule is CCCCC1=NN2C(=N)/C(=C/c3cc(I)c(OCc4cccc(C)c4)c(OC)c3)C(=O)N=C2S1. The van der Waals surface area contributed by atoms with Crippen LogP contribution in [0.3, 0.4) is 0 Å². The molecular weight excluding hydrogens is 563 g/mol. The zero-order valence-corrected chi connectivity index (χ0v) is 22.2. The molecule has 1 N–H and O–H groups in total. The van der Waals surface area contributed by atoms with Crippen LogP contribution in [-0.4, -0.2) is 34.1 Å². The Bertz CT molecular complexity index is 1240. The van der Waals surface area contributed by atoms with Gasteiger partial charge in [-0.05, 0) is 83.5 Å². The molecule has 0 bridgehead atoms. The largest absolute Gasteiger partial charge is 0.493 e. The highest BCUT2D eigenvalue weighted by atomic mass is 127. The van der Waals surface area contributed by atoms with Gasteiger partial charge in [-0.3, -0.25) is 10.2 Å². The van der Waals surface area contributed by atoms with Crippen molar-refractivity contribution in [1.82, 2.24) is 5.01 Å². The third kappa shape index (κ3) is 5.35. The molecular formula is C25H25IN4O3S. The molecule has 0 aliphatic carbocycles. The van der Waals surface area contributed by atoms with Gasteiger partial charge in [0, 0.05) is 0 Å². The van der Waals surface area contributed by atoms with Gasteiger partial charge >= 0.3 is 0 Å². The van der Waals surface area contributed by atoms with Crippen LogP contribution in [0.25, 0.3) is 6.08 Å². The van der Waals surface area contributed by atoms with E-state index in [2.05, 4.69) is 45.7 Å². The van der Waals surface area contributed by atoms with Gasteiger partial charge in [-0.1, -0.05) is 43.2 Å². The van der Waals surface area contributed by atoms with Gasteiger partial charge in [0.05, 0.1) is 16.3 Å². The van der Waals surface area contributed by atoms with Gasteiger partial charge in [0.25, 0.3) is 5.91 Å². The van der Waals surface area contributed by atoms with Crippen LogP contribution in [0.5, 0.6) is 11.5 Å². The average Bonchev–Trinajstić information content (AvgIpc) is 3.22. The number of nitrogens with zero attached hydrogens (tertiary/aromatic N) is 3. The monoisotopic (exact) mass is 588 g/mol. The lowest BCUT2D eigenvalue weighted by molar-refractivity contribution is -0.114. The maximum atomic E-state index is 12.7. The van der Waals surface area contributed by atoms with Crippen LogP contribution in [0.1, 0.15) is 42.9 Å². The van der Waals surface area contributed by atoms with E-state index in [0.717, 1.165) is 39.0 Å². The van der Waals surface area contributed by atoms with Crippen molar-refractivity contribution < 1.29 is 14.3 Å². The van der Waals surface area contributed by atoms with Gasteiger partial charge in [-0.15, -0.1) is 0 Å². The molecule has 1 amide bonds. The summed E-state index contributed by atoms with van der Waals surface area (Å²) in [6.07, 6.45) is 4.53. The molecule has 4 rings (SSSR count). The minimum atomic E-state index is -0.440. The maximum Gasteiger partial charge on any atom is 0.283 e. The second-order valence-corrected chi connectivity index (χ2v) is 10.1. The fourth-order valence-electron chi connectivity index (χ4n) is 3.55. The fraction of sp³-hybridized carbons (Fsp3) is 0.280. The number of rotatable bonds is 8. The van der Waals surface area contributed by atoms with Crippen molar-refractivity contribution in [2.75, 3.05) is 7.11 Å².